The van der Waals surface area contributed by atoms with E-state index in [-0.39, 0.29) is 12.2 Å². The van der Waals surface area contributed by atoms with Gasteiger partial charge < -0.3 is 4.74 Å². The Labute approximate surface area is 102 Å². The first kappa shape index (κ1) is 13.6. The van der Waals surface area contributed by atoms with Crippen molar-refractivity contribution in [1.82, 2.24) is 0 Å². The number of hydrogen-bond donors (Lipinski definition) is 1. The zero-order valence-electron chi connectivity index (χ0n) is 9.66. The van der Waals surface area contributed by atoms with Crippen LogP contribution in [0.5, 0.6) is 0 Å². The molecule has 0 bridgehead atoms. The Bertz CT molecular complexity index is 453. The molecule has 7 nitrogen and oxygen atoms in total. The number of hydrogen-bond acceptors (Lipinski definition) is 5. The van der Waals surface area contributed by atoms with Gasteiger partial charge in [-0.2, -0.15) is 4.84 Å². The van der Waals surface area contributed by atoms with Crippen molar-refractivity contribution in [3.8, 4) is 0 Å². The van der Waals surface area contributed by atoms with Crippen molar-refractivity contribution < 1.29 is 29.5 Å². The Morgan fingerprint density at radius 2 is 1.78 bits per heavy atom. The minimum Gasteiger partial charge on any atom is -0.462 e. The summed E-state index contributed by atoms with van der Waals surface area (Å²) in [4.78, 5) is 36.9. The van der Waals surface area contributed by atoms with Crippen LogP contribution in [0.3, 0.4) is 0 Å². The van der Waals surface area contributed by atoms with Crippen LogP contribution in [0.15, 0.2) is 24.3 Å². The normalized spacial score (nSPS) is 9.61. The zero-order chi connectivity index (χ0) is 13.5. The van der Waals surface area contributed by atoms with Crippen LogP contribution in [0.4, 0.5) is 0 Å². The van der Waals surface area contributed by atoms with Gasteiger partial charge in [0.25, 0.3) is 0 Å². The molecule has 1 aromatic carbocycles. The van der Waals surface area contributed by atoms with Crippen LogP contribution in [0, 0.1) is 4.91 Å². The number of carbonyl (C=O) groups excluding carboxylic acids is 2. The molecule has 0 fully saturated rings. The number of ether oxygens (including phenoxy) is 1. The van der Waals surface area contributed by atoms with E-state index in [1.807, 2.05) is 0 Å². The topological polar surface area (TPSA) is 92.9 Å². The number of rotatable bonds is 6. The molecular weight excluding hydrogens is 242 g/mol. The average molecular weight is 254 g/mol. The number of Topliss-reactive ketones (excluding diaryl/α,β-unsaturated/α-hetero) is 1. The van der Waals surface area contributed by atoms with Crippen LogP contribution in [-0.4, -0.2) is 35.3 Å². The van der Waals surface area contributed by atoms with Gasteiger partial charge in [-0.05, 0) is 19.1 Å². The molecule has 1 rings (SSSR count). The molecule has 0 saturated heterocycles. The minimum absolute atomic E-state index is 0.255. The molecule has 0 aliphatic rings. The second kappa shape index (κ2) is 6.33. The Morgan fingerprint density at radius 1 is 1.22 bits per heavy atom. The second-order valence-corrected chi connectivity index (χ2v) is 3.23. The summed E-state index contributed by atoms with van der Waals surface area (Å²) in [5, 5.41) is 7.38. The molecule has 0 aliphatic carbocycles. The van der Waals surface area contributed by atoms with E-state index >= 15 is 0 Å². The maximum Gasteiger partial charge on any atom is 0.475 e. The Morgan fingerprint density at radius 3 is 2.28 bits per heavy atom. The van der Waals surface area contributed by atoms with Crippen molar-refractivity contribution in [3.05, 3.63) is 40.3 Å². The van der Waals surface area contributed by atoms with Gasteiger partial charge in [-0.1, -0.05) is 12.1 Å². The highest BCUT2D eigenvalue weighted by molar-refractivity contribution is 5.98. The van der Waals surface area contributed by atoms with Gasteiger partial charge in [0.1, 0.15) is 4.91 Å². The van der Waals surface area contributed by atoms with E-state index in [9.17, 15) is 14.5 Å². The van der Waals surface area contributed by atoms with Crippen molar-refractivity contribution in [2.45, 2.75) is 6.92 Å². The lowest BCUT2D eigenvalue weighted by Gasteiger charge is -2.02. The molecule has 0 spiro atoms. The average Bonchev–Trinajstić information content (AvgIpc) is 2.36. The van der Waals surface area contributed by atoms with Gasteiger partial charge in [-0.25, -0.2) is 10.0 Å². The molecule has 0 aliphatic heterocycles. The standard InChI is InChI=1S/C11H12NO6/c1-2-17-11(14)9-5-3-8(4-6-9)10(13)7-18-12(15)16/h3-6H,2,7H2,1H3,(H,15,16)/q+1. The summed E-state index contributed by atoms with van der Waals surface area (Å²) in [5.41, 5.74) is 0.576. The van der Waals surface area contributed by atoms with Crippen molar-refractivity contribution in [3.63, 3.8) is 0 Å². The van der Waals surface area contributed by atoms with Gasteiger partial charge in [0, 0.05) is 5.56 Å². The van der Waals surface area contributed by atoms with Crippen molar-refractivity contribution in [2.24, 2.45) is 0 Å². The number of esters is 1. The monoisotopic (exact) mass is 254 g/mol. The molecule has 1 N–H and O–H groups in total. The predicted octanol–water partition coefficient (Wildman–Crippen LogP) is 1.15. The van der Waals surface area contributed by atoms with Gasteiger partial charge in [0.15, 0.2) is 0 Å². The number of carbonyl (C=O) groups is 2. The fourth-order valence-electron chi connectivity index (χ4n) is 1.20. The Balaban J connectivity index is 2.67. The van der Waals surface area contributed by atoms with Crippen LogP contribution >= 0.6 is 0 Å². The number of nitrogens with zero attached hydrogens (tertiary/aromatic N) is 1. The molecule has 0 unspecified atom stereocenters. The Hall–Kier alpha value is -2.44. The van der Waals surface area contributed by atoms with E-state index < -0.39 is 23.4 Å². The van der Waals surface area contributed by atoms with Crippen molar-refractivity contribution in [2.75, 3.05) is 13.2 Å². The smallest absolute Gasteiger partial charge is 0.462 e. The van der Waals surface area contributed by atoms with Crippen LogP contribution in [0.25, 0.3) is 0 Å². The molecule has 96 valence electrons. The summed E-state index contributed by atoms with van der Waals surface area (Å²) >= 11 is 0. The summed E-state index contributed by atoms with van der Waals surface area (Å²) < 4.78 is 4.78. The molecule has 7 heteroatoms. The van der Waals surface area contributed by atoms with Crippen LogP contribution in [0.1, 0.15) is 27.6 Å². The molecule has 0 radical (unpaired) electrons. The fourth-order valence-corrected chi connectivity index (χ4v) is 1.20. The summed E-state index contributed by atoms with van der Waals surface area (Å²) in [5.74, 6) is -0.978. The lowest BCUT2D eigenvalue weighted by Crippen LogP contribution is -2.14. The second-order valence-electron chi connectivity index (χ2n) is 3.23. The molecule has 0 aromatic heterocycles. The van der Waals surface area contributed by atoms with Gasteiger partial charge in [0.2, 0.25) is 12.4 Å². The van der Waals surface area contributed by atoms with E-state index in [4.69, 9.17) is 9.94 Å². The summed E-state index contributed by atoms with van der Waals surface area (Å²) in [6.07, 6.45) is 0. The molecule has 0 saturated carbocycles. The largest absolute Gasteiger partial charge is 0.475 e. The molecule has 0 heterocycles. The fraction of sp³-hybridized carbons (Fsp3) is 0.273. The highest BCUT2D eigenvalue weighted by Gasteiger charge is 2.14. The van der Waals surface area contributed by atoms with Gasteiger partial charge >= 0.3 is 11.1 Å². The van der Waals surface area contributed by atoms with Crippen LogP contribution < -0.4 is 0 Å². The third kappa shape index (κ3) is 3.85. The van der Waals surface area contributed by atoms with Gasteiger partial charge in [-0.3, -0.25) is 4.79 Å². The van der Waals surface area contributed by atoms with Crippen molar-refractivity contribution >= 4 is 11.8 Å². The molecular formula is C11H12NO6+. The highest BCUT2D eigenvalue weighted by atomic mass is 16.9. The van der Waals surface area contributed by atoms with Crippen LogP contribution in [-0.2, 0) is 9.57 Å². The summed E-state index contributed by atoms with van der Waals surface area (Å²) in [6, 6.07) is 5.67. The van der Waals surface area contributed by atoms with Crippen LogP contribution in [0.2, 0.25) is 0 Å². The molecule has 18 heavy (non-hydrogen) atoms. The maximum atomic E-state index is 11.4. The first-order valence-electron chi connectivity index (χ1n) is 5.14. The lowest BCUT2D eigenvalue weighted by molar-refractivity contribution is -0.973. The molecule has 0 amide bonds. The van der Waals surface area contributed by atoms with E-state index in [1.54, 1.807) is 6.92 Å². The minimum atomic E-state index is -0.787. The van der Waals surface area contributed by atoms with Crippen molar-refractivity contribution in [1.29, 1.82) is 0 Å². The van der Waals surface area contributed by atoms with E-state index in [1.165, 1.54) is 24.3 Å². The predicted molar refractivity (Wildman–Crippen MR) is 58.1 cm³/mol. The number of benzene rings is 1. The Kier molecular flexibility index (Phi) is 4.79. The maximum absolute atomic E-state index is 11.4. The highest BCUT2D eigenvalue weighted by Crippen LogP contribution is 2.07. The van der Waals surface area contributed by atoms with E-state index in [2.05, 4.69) is 4.84 Å². The first-order valence-corrected chi connectivity index (χ1v) is 5.14. The lowest BCUT2D eigenvalue weighted by atomic mass is 10.1. The zero-order valence-corrected chi connectivity index (χ0v) is 9.66. The molecule has 0 atom stereocenters. The third-order valence-electron chi connectivity index (χ3n) is 2.02. The quantitative estimate of drug-likeness (QED) is 0.465. The van der Waals surface area contributed by atoms with E-state index in [0.29, 0.717) is 5.56 Å². The number of ketones is 1. The van der Waals surface area contributed by atoms with Gasteiger partial charge in [-0.15, -0.1) is 0 Å². The SMILES string of the molecule is CCOC(=O)c1ccc(C(=O)CO[N+](=O)O)cc1. The third-order valence-corrected chi connectivity index (χ3v) is 2.02. The molecule has 1 aromatic rings. The van der Waals surface area contributed by atoms with Gasteiger partial charge in [0.05, 0.1) is 12.2 Å². The summed E-state index contributed by atoms with van der Waals surface area (Å²) in [7, 11) is 0. The first-order chi connectivity index (χ1) is 8.54. The summed E-state index contributed by atoms with van der Waals surface area (Å²) in [6.45, 7) is 1.37. The van der Waals surface area contributed by atoms with E-state index in [0.717, 1.165) is 0 Å².